The van der Waals surface area contributed by atoms with Gasteiger partial charge in [0.25, 0.3) is 0 Å². The Morgan fingerprint density at radius 2 is 1.61 bits per heavy atom. The fourth-order valence-electron chi connectivity index (χ4n) is 1.34. The van der Waals surface area contributed by atoms with Gasteiger partial charge in [0.05, 0.1) is 0 Å². The fourth-order valence-corrected chi connectivity index (χ4v) is 1.90. The number of hydrogen-bond acceptors (Lipinski definition) is 3. The lowest BCUT2D eigenvalue weighted by atomic mass is 10.2. The molecule has 0 N–H and O–H groups in total. The van der Waals surface area contributed by atoms with Gasteiger partial charge in [-0.25, -0.2) is 13.4 Å². The first-order valence-corrected chi connectivity index (χ1v) is 7.18. The second kappa shape index (κ2) is 5.03. The van der Waals surface area contributed by atoms with E-state index in [4.69, 9.17) is 0 Å². The molecule has 18 heavy (non-hydrogen) atoms. The van der Waals surface area contributed by atoms with Gasteiger partial charge in [0, 0.05) is 23.6 Å². The summed E-state index contributed by atoms with van der Waals surface area (Å²) in [5.41, 5.74) is 1.59. The van der Waals surface area contributed by atoms with Crippen molar-refractivity contribution in [3.8, 4) is 11.8 Å². The normalized spacial score (nSPS) is 10.5. The second-order valence-corrected chi connectivity index (χ2v) is 5.74. The third-order valence-electron chi connectivity index (χ3n) is 2.24. The molecule has 1 heterocycles. The quantitative estimate of drug-likeness (QED) is 0.733. The van der Waals surface area contributed by atoms with E-state index in [1.54, 1.807) is 6.07 Å². The zero-order valence-corrected chi connectivity index (χ0v) is 10.6. The van der Waals surface area contributed by atoms with Gasteiger partial charge in [-0.15, -0.1) is 0 Å². The maximum atomic E-state index is 11.2. The number of pyridine rings is 1. The molecule has 0 fully saturated rings. The highest BCUT2D eigenvalue weighted by molar-refractivity contribution is 7.90. The van der Waals surface area contributed by atoms with E-state index >= 15 is 0 Å². The SMILES string of the molecule is CS(=O)(=O)c1ccc(C#Cc2ccccc2)cn1. The molecule has 4 heteroatoms. The van der Waals surface area contributed by atoms with Gasteiger partial charge in [0.1, 0.15) is 0 Å². The van der Waals surface area contributed by atoms with Crippen LogP contribution in [0.3, 0.4) is 0 Å². The highest BCUT2D eigenvalue weighted by atomic mass is 32.2. The molecule has 90 valence electrons. The van der Waals surface area contributed by atoms with E-state index in [0.29, 0.717) is 5.56 Å². The molecule has 0 aliphatic rings. The van der Waals surface area contributed by atoms with Gasteiger partial charge < -0.3 is 0 Å². The summed E-state index contributed by atoms with van der Waals surface area (Å²) >= 11 is 0. The lowest BCUT2D eigenvalue weighted by Crippen LogP contribution is -1.99. The maximum absolute atomic E-state index is 11.2. The minimum Gasteiger partial charge on any atom is -0.243 e. The summed E-state index contributed by atoms with van der Waals surface area (Å²) in [4.78, 5) is 3.87. The van der Waals surface area contributed by atoms with Crippen molar-refractivity contribution in [1.29, 1.82) is 0 Å². The van der Waals surface area contributed by atoms with Crippen LogP contribution in [0.4, 0.5) is 0 Å². The largest absolute Gasteiger partial charge is 0.243 e. The molecule has 2 aromatic rings. The number of sulfone groups is 1. The van der Waals surface area contributed by atoms with E-state index in [-0.39, 0.29) is 5.03 Å². The van der Waals surface area contributed by atoms with Crippen molar-refractivity contribution in [2.75, 3.05) is 6.26 Å². The number of rotatable bonds is 1. The van der Waals surface area contributed by atoms with Crippen LogP contribution >= 0.6 is 0 Å². The maximum Gasteiger partial charge on any atom is 0.192 e. The van der Waals surface area contributed by atoms with Crippen LogP contribution in [0.1, 0.15) is 11.1 Å². The van der Waals surface area contributed by atoms with Crippen molar-refractivity contribution < 1.29 is 8.42 Å². The smallest absolute Gasteiger partial charge is 0.192 e. The molecule has 2 rings (SSSR count). The third-order valence-corrected chi connectivity index (χ3v) is 3.24. The summed E-state index contributed by atoms with van der Waals surface area (Å²) in [5.74, 6) is 5.91. The molecule has 0 aliphatic carbocycles. The first-order chi connectivity index (χ1) is 8.55. The van der Waals surface area contributed by atoms with Gasteiger partial charge in [-0.2, -0.15) is 0 Å². The molecule has 0 aliphatic heterocycles. The van der Waals surface area contributed by atoms with E-state index in [0.717, 1.165) is 11.8 Å². The molecule has 1 aromatic carbocycles. The van der Waals surface area contributed by atoms with Gasteiger partial charge in [-0.05, 0) is 24.3 Å². The van der Waals surface area contributed by atoms with Crippen molar-refractivity contribution >= 4 is 9.84 Å². The average molecular weight is 257 g/mol. The molecular weight excluding hydrogens is 246 g/mol. The highest BCUT2D eigenvalue weighted by Gasteiger charge is 2.06. The first kappa shape index (κ1) is 12.3. The van der Waals surface area contributed by atoms with Gasteiger partial charge in [0.15, 0.2) is 14.9 Å². The first-order valence-electron chi connectivity index (χ1n) is 5.29. The van der Waals surface area contributed by atoms with Crippen LogP contribution in [0.2, 0.25) is 0 Å². The molecule has 0 saturated carbocycles. The van der Waals surface area contributed by atoms with Crippen LogP contribution in [0.5, 0.6) is 0 Å². The minimum absolute atomic E-state index is 0.0627. The molecule has 0 amide bonds. The molecule has 0 bridgehead atoms. The Hall–Kier alpha value is -2.12. The van der Waals surface area contributed by atoms with Crippen molar-refractivity contribution in [3.05, 3.63) is 59.8 Å². The van der Waals surface area contributed by atoms with Gasteiger partial charge >= 0.3 is 0 Å². The fraction of sp³-hybridized carbons (Fsp3) is 0.0714. The summed E-state index contributed by atoms with van der Waals surface area (Å²) in [6.07, 6.45) is 2.59. The number of nitrogens with zero attached hydrogens (tertiary/aromatic N) is 1. The van der Waals surface area contributed by atoms with Gasteiger partial charge in [-0.1, -0.05) is 30.0 Å². The lowest BCUT2D eigenvalue weighted by Gasteiger charge is -1.96. The molecule has 0 unspecified atom stereocenters. The summed E-state index contributed by atoms with van der Waals surface area (Å²) in [6.45, 7) is 0. The predicted molar refractivity (Wildman–Crippen MR) is 69.8 cm³/mol. The van der Waals surface area contributed by atoms with Crippen molar-refractivity contribution in [2.45, 2.75) is 5.03 Å². The Labute approximate surface area is 106 Å². The second-order valence-electron chi connectivity index (χ2n) is 3.77. The Morgan fingerprint density at radius 3 is 2.17 bits per heavy atom. The Kier molecular flexibility index (Phi) is 3.45. The average Bonchev–Trinajstić information content (AvgIpc) is 2.37. The molecule has 3 nitrogen and oxygen atoms in total. The lowest BCUT2D eigenvalue weighted by molar-refractivity contribution is 0.598. The van der Waals surface area contributed by atoms with Crippen LogP contribution < -0.4 is 0 Å². The molecule has 0 atom stereocenters. The molecule has 0 saturated heterocycles. The molecule has 0 spiro atoms. The summed E-state index contributed by atoms with van der Waals surface area (Å²) < 4.78 is 22.4. The van der Waals surface area contributed by atoms with Gasteiger partial charge in [-0.3, -0.25) is 0 Å². The number of hydrogen-bond donors (Lipinski definition) is 0. The zero-order chi connectivity index (χ0) is 13.0. The molecular formula is C14H11NO2S. The van der Waals surface area contributed by atoms with Crippen LogP contribution in [-0.2, 0) is 9.84 Å². The summed E-state index contributed by atoms with van der Waals surface area (Å²) in [5, 5.41) is 0.0627. The highest BCUT2D eigenvalue weighted by Crippen LogP contribution is 2.05. The third kappa shape index (κ3) is 3.19. The predicted octanol–water partition coefficient (Wildman–Crippen LogP) is 1.88. The minimum atomic E-state index is -3.25. The molecule has 1 aromatic heterocycles. The van der Waals surface area contributed by atoms with Gasteiger partial charge in [0.2, 0.25) is 0 Å². The molecule has 0 radical (unpaired) electrons. The van der Waals surface area contributed by atoms with Crippen molar-refractivity contribution in [2.24, 2.45) is 0 Å². The van der Waals surface area contributed by atoms with Crippen molar-refractivity contribution in [1.82, 2.24) is 4.98 Å². The van der Waals surface area contributed by atoms with Crippen LogP contribution in [0, 0.1) is 11.8 Å². The Balaban J connectivity index is 2.25. The Bertz CT molecular complexity index is 693. The van der Waals surface area contributed by atoms with Crippen LogP contribution in [0.15, 0.2) is 53.7 Å². The van der Waals surface area contributed by atoms with Crippen LogP contribution in [-0.4, -0.2) is 19.7 Å². The van der Waals surface area contributed by atoms with Crippen LogP contribution in [0.25, 0.3) is 0 Å². The topological polar surface area (TPSA) is 47.0 Å². The number of aromatic nitrogens is 1. The van der Waals surface area contributed by atoms with E-state index in [9.17, 15) is 8.42 Å². The number of benzene rings is 1. The Morgan fingerprint density at radius 1 is 0.944 bits per heavy atom. The summed E-state index contributed by atoms with van der Waals surface area (Å²) in [6, 6.07) is 12.7. The van der Waals surface area contributed by atoms with Crippen molar-refractivity contribution in [3.63, 3.8) is 0 Å². The van der Waals surface area contributed by atoms with E-state index in [1.807, 2.05) is 30.3 Å². The van der Waals surface area contributed by atoms with E-state index in [2.05, 4.69) is 16.8 Å². The zero-order valence-electron chi connectivity index (χ0n) is 9.79. The monoisotopic (exact) mass is 257 g/mol. The summed E-state index contributed by atoms with van der Waals surface area (Å²) in [7, 11) is -3.25. The van der Waals surface area contributed by atoms with E-state index in [1.165, 1.54) is 12.3 Å². The standard InChI is InChI=1S/C14H11NO2S/c1-18(16,17)14-10-9-13(11-15-14)8-7-12-5-3-2-4-6-12/h2-6,9-11H,1H3. The van der Waals surface area contributed by atoms with E-state index < -0.39 is 9.84 Å².